The Hall–Kier alpha value is -2.61. The number of benzene rings is 2. The van der Waals surface area contributed by atoms with Crippen molar-refractivity contribution in [3.05, 3.63) is 54.1 Å². The second-order valence-corrected chi connectivity index (χ2v) is 7.98. The minimum absolute atomic E-state index is 0.00339. The summed E-state index contributed by atoms with van der Waals surface area (Å²) in [6.45, 7) is 6.45. The van der Waals surface area contributed by atoms with Gasteiger partial charge in [-0.25, -0.2) is 0 Å². The summed E-state index contributed by atoms with van der Waals surface area (Å²) in [6.07, 6.45) is -1.01. The number of aryl methyl sites for hydroxylation is 1. The van der Waals surface area contributed by atoms with Crippen LogP contribution in [0.3, 0.4) is 0 Å². The average Bonchev–Trinajstić information content (AvgIpc) is 2.75. The second-order valence-electron chi connectivity index (χ2n) is 7.98. The third kappa shape index (κ3) is 5.30. The molecule has 2 aromatic carbocycles. The number of ether oxygens (including phenoxy) is 2. The Morgan fingerprint density at radius 2 is 1.83 bits per heavy atom. The first kappa shape index (κ1) is 20.7. The van der Waals surface area contributed by atoms with Crippen LogP contribution in [0.5, 0.6) is 11.5 Å². The number of amides is 1. The van der Waals surface area contributed by atoms with E-state index < -0.39 is 6.10 Å². The molecule has 2 aliphatic rings. The number of carbonyl (C=O) groups excluding carboxylic acids is 1. The van der Waals surface area contributed by atoms with E-state index in [-0.39, 0.29) is 12.0 Å². The molecule has 0 aromatic heterocycles. The maximum absolute atomic E-state index is 12.2. The third-order valence-electron chi connectivity index (χ3n) is 5.54. The van der Waals surface area contributed by atoms with Gasteiger partial charge in [0.25, 0.3) is 0 Å². The summed E-state index contributed by atoms with van der Waals surface area (Å²) in [6, 6.07) is 15.3. The molecule has 30 heavy (non-hydrogen) atoms. The van der Waals surface area contributed by atoms with E-state index in [4.69, 9.17) is 9.47 Å². The Bertz CT molecular complexity index is 853. The van der Waals surface area contributed by atoms with Gasteiger partial charge in [0.1, 0.15) is 12.7 Å². The van der Waals surface area contributed by atoms with Crippen molar-refractivity contribution in [2.75, 3.05) is 51.2 Å². The summed E-state index contributed by atoms with van der Waals surface area (Å²) in [5.74, 6) is 1.42. The number of para-hydroxylation sites is 1. The lowest BCUT2D eigenvalue weighted by Crippen LogP contribution is -2.53. The van der Waals surface area contributed by atoms with Crippen LogP contribution in [-0.4, -0.2) is 78.9 Å². The van der Waals surface area contributed by atoms with Crippen LogP contribution >= 0.6 is 0 Å². The molecule has 0 bridgehead atoms. The van der Waals surface area contributed by atoms with E-state index >= 15 is 0 Å². The minimum Gasteiger partial charge on any atom is -0.486 e. The Balaban J connectivity index is 1.20. The van der Waals surface area contributed by atoms with Gasteiger partial charge in [-0.1, -0.05) is 24.3 Å². The number of rotatable bonds is 6. The van der Waals surface area contributed by atoms with Crippen molar-refractivity contribution in [1.29, 1.82) is 0 Å². The normalized spacial score (nSPS) is 20.5. The van der Waals surface area contributed by atoms with Crippen molar-refractivity contribution in [3.63, 3.8) is 0 Å². The van der Waals surface area contributed by atoms with Crippen LogP contribution in [0.2, 0.25) is 0 Å². The number of fused-ring (bicyclic) bond motifs is 1. The van der Waals surface area contributed by atoms with Gasteiger partial charge >= 0.3 is 0 Å². The van der Waals surface area contributed by atoms with Crippen molar-refractivity contribution in [1.82, 2.24) is 9.80 Å². The summed E-state index contributed by atoms with van der Waals surface area (Å²) in [5.41, 5.74) is 1.93. The molecule has 2 heterocycles. The number of aliphatic hydroxyl groups is 1. The standard InChI is InChI=1S/C23H29N3O4/c1-17-7-8-20-21(13-17)29-16-22(30-20)19(27)14-25-9-11-26(12-10-25)15-23(28)24-18-5-3-2-4-6-18/h2-8,13,19,22,27H,9-12,14-16H2,1H3,(H,24,28). The fourth-order valence-corrected chi connectivity index (χ4v) is 3.82. The van der Waals surface area contributed by atoms with E-state index in [1.807, 2.05) is 55.5 Å². The van der Waals surface area contributed by atoms with Gasteiger partial charge in [0.15, 0.2) is 17.6 Å². The molecule has 1 saturated heterocycles. The van der Waals surface area contributed by atoms with Gasteiger partial charge in [-0.05, 0) is 36.8 Å². The highest BCUT2D eigenvalue weighted by Crippen LogP contribution is 2.33. The minimum atomic E-state index is -0.632. The van der Waals surface area contributed by atoms with E-state index in [0.717, 1.165) is 43.2 Å². The number of nitrogens with one attached hydrogen (secondary N) is 1. The van der Waals surface area contributed by atoms with Gasteiger partial charge in [0.05, 0.1) is 6.54 Å². The first-order chi connectivity index (χ1) is 14.6. The molecule has 0 spiro atoms. The monoisotopic (exact) mass is 411 g/mol. The van der Waals surface area contributed by atoms with Gasteiger partial charge in [0.2, 0.25) is 5.91 Å². The molecule has 0 radical (unpaired) electrons. The molecule has 0 aliphatic carbocycles. The number of piperazine rings is 1. The molecule has 7 nitrogen and oxygen atoms in total. The molecule has 2 unspecified atom stereocenters. The molecular formula is C23H29N3O4. The summed E-state index contributed by atoms with van der Waals surface area (Å²) in [4.78, 5) is 16.6. The number of hydrogen-bond acceptors (Lipinski definition) is 6. The fraction of sp³-hybridized carbons (Fsp3) is 0.435. The molecule has 2 aliphatic heterocycles. The average molecular weight is 412 g/mol. The van der Waals surface area contributed by atoms with E-state index in [2.05, 4.69) is 15.1 Å². The summed E-state index contributed by atoms with van der Waals surface area (Å²) in [7, 11) is 0. The van der Waals surface area contributed by atoms with Crippen LogP contribution in [0.15, 0.2) is 48.5 Å². The van der Waals surface area contributed by atoms with Crippen LogP contribution in [0.25, 0.3) is 0 Å². The Morgan fingerprint density at radius 3 is 2.60 bits per heavy atom. The predicted molar refractivity (Wildman–Crippen MR) is 115 cm³/mol. The lowest BCUT2D eigenvalue weighted by molar-refractivity contribution is -0.117. The number of hydrogen-bond donors (Lipinski definition) is 2. The van der Waals surface area contributed by atoms with Crippen molar-refractivity contribution < 1.29 is 19.4 Å². The summed E-state index contributed by atoms with van der Waals surface area (Å²) in [5, 5.41) is 13.6. The van der Waals surface area contributed by atoms with E-state index in [1.165, 1.54) is 0 Å². The molecule has 7 heteroatoms. The smallest absolute Gasteiger partial charge is 0.238 e. The lowest BCUT2D eigenvalue weighted by Gasteiger charge is -2.37. The SMILES string of the molecule is Cc1ccc2c(c1)OCC(C(O)CN1CCN(CC(=O)Nc3ccccc3)CC1)O2. The van der Waals surface area contributed by atoms with Gasteiger partial charge < -0.3 is 19.9 Å². The zero-order valence-electron chi connectivity index (χ0n) is 17.3. The van der Waals surface area contributed by atoms with Gasteiger partial charge in [-0.3, -0.25) is 14.6 Å². The van der Waals surface area contributed by atoms with E-state index in [9.17, 15) is 9.90 Å². The number of β-amino-alcohol motifs (C(OH)–C–C–N with tert-alkyl or cyclic N) is 1. The molecule has 0 saturated carbocycles. The number of aliphatic hydroxyl groups excluding tert-OH is 1. The van der Waals surface area contributed by atoms with Crippen LogP contribution in [0.1, 0.15) is 5.56 Å². The van der Waals surface area contributed by atoms with E-state index in [0.29, 0.717) is 25.4 Å². The van der Waals surface area contributed by atoms with E-state index in [1.54, 1.807) is 0 Å². The molecule has 1 amide bonds. The quantitative estimate of drug-likeness (QED) is 0.755. The van der Waals surface area contributed by atoms with Crippen LogP contribution in [0.4, 0.5) is 5.69 Å². The van der Waals surface area contributed by atoms with Crippen molar-refractivity contribution in [2.45, 2.75) is 19.1 Å². The maximum atomic E-state index is 12.2. The zero-order chi connectivity index (χ0) is 20.9. The number of carbonyl (C=O) groups is 1. The summed E-state index contributed by atoms with van der Waals surface area (Å²) >= 11 is 0. The maximum Gasteiger partial charge on any atom is 0.238 e. The van der Waals surface area contributed by atoms with Gasteiger partial charge in [-0.2, -0.15) is 0 Å². The largest absolute Gasteiger partial charge is 0.486 e. The third-order valence-corrected chi connectivity index (χ3v) is 5.54. The molecule has 2 atom stereocenters. The highest BCUT2D eigenvalue weighted by molar-refractivity contribution is 5.92. The molecular weight excluding hydrogens is 382 g/mol. The lowest BCUT2D eigenvalue weighted by atomic mass is 10.1. The van der Waals surface area contributed by atoms with Crippen molar-refractivity contribution >= 4 is 11.6 Å². The molecule has 4 rings (SSSR count). The van der Waals surface area contributed by atoms with Crippen LogP contribution < -0.4 is 14.8 Å². The predicted octanol–water partition coefficient (Wildman–Crippen LogP) is 1.75. The second kappa shape index (κ2) is 9.47. The Morgan fingerprint density at radius 1 is 1.10 bits per heavy atom. The molecule has 2 aromatic rings. The van der Waals surface area contributed by atoms with Crippen molar-refractivity contribution in [3.8, 4) is 11.5 Å². The molecule has 160 valence electrons. The highest BCUT2D eigenvalue weighted by Gasteiger charge is 2.30. The number of nitrogens with zero attached hydrogens (tertiary/aromatic N) is 2. The van der Waals surface area contributed by atoms with Crippen LogP contribution in [0, 0.1) is 6.92 Å². The number of anilines is 1. The van der Waals surface area contributed by atoms with Crippen molar-refractivity contribution in [2.24, 2.45) is 0 Å². The summed E-state index contributed by atoms with van der Waals surface area (Å²) < 4.78 is 11.7. The van der Waals surface area contributed by atoms with Gasteiger partial charge in [0, 0.05) is 38.4 Å². The highest BCUT2D eigenvalue weighted by atomic mass is 16.6. The van der Waals surface area contributed by atoms with Gasteiger partial charge in [-0.15, -0.1) is 0 Å². The first-order valence-electron chi connectivity index (χ1n) is 10.4. The first-order valence-corrected chi connectivity index (χ1v) is 10.4. The zero-order valence-corrected chi connectivity index (χ0v) is 17.3. The topological polar surface area (TPSA) is 74.3 Å². The molecule has 1 fully saturated rings. The Labute approximate surface area is 177 Å². The fourth-order valence-electron chi connectivity index (χ4n) is 3.82. The Kier molecular flexibility index (Phi) is 6.52. The van der Waals surface area contributed by atoms with Crippen LogP contribution in [-0.2, 0) is 4.79 Å². The molecule has 2 N–H and O–H groups in total.